The van der Waals surface area contributed by atoms with Crippen molar-refractivity contribution in [2.45, 2.75) is 49.8 Å². The van der Waals surface area contributed by atoms with Crippen LogP contribution in [0.15, 0.2) is 102 Å². The predicted octanol–water partition coefficient (Wildman–Crippen LogP) is 3.35. The summed E-state index contributed by atoms with van der Waals surface area (Å²) in [6.45, 7) is 3.90. The summed E-state index contributed by atoms with van der Waals surface area (Å²) in [4.78, 5) is 31.7. The molecule has 0 saturated heterocycles. The molecule has 48 heavy (non-hydrogen) atoms. The summed E-state index contributed by atoms with van der Waals surface area (Å²) in [7, 11) is -2.26. The van der Waals surface area contributed by atoms with E-state index >= 15 is 0 Å². The second-order valence-corrected chi connectivity index (χ2v) is 14.0. The Morgan fingerprint density at radius 3 is 2.25 bits per heavy atom. The predicted molar refractivity (Wildman–Crippen MR) is 186 cm³/mol. The van der Waals surface area contributed by atoms with E-state index in [1.54, 1.807) is 43.4 Å². The fraction of sp³-hybridized carbons (Fsp3) is 0.361. The summed E-state index contributed by atoms with van der Waals surface area (Å²) in [5.74, 6) is -0.947. The molecule has 3 aromatic carbocycles. The molecule has 0 aliphatic heterocycles. The lowest BCUT2D eigenvalue weighted by Gasteiger charge is -2.31. The summed E-state index contributed by atoms with van der Waals surface area (Å²) in [5.41, 5.74) is 1.60. The van der Waals surface area contributed by atoms with Gasteiger partial charge in [0.15, 0.2) is 0 Å². The second kappa shape index (κ2) is 17.8. The fourth-order valence-corrected chi connectivity index (χ4v) is 6.60. The number of ether oxygens (including phenoxy) is 1. The topological polar surface area (TPSA) is 150 Å². The summed E-state index contributed by atoms with van der Waals surface area (Å²) < 4.78 is 34.3. The number of carbonyl (C=O) groups excluding carboxylic acids is 2. The van der Waals surface area contributed by atoms with Crippen molar-refractivity contribution in [2.75, 3.05) is 33.5 Å². The number of aliphatic hydroxyl groups excluding tert-OH is 1. The number of amides is 2. The minimum absolute atomic E-state index is 0.122. The maximum absolute atomic E-state index is 13.9. The Hall–Kier alpha value is -4.20. The van der Waals surface area contributed by atoms with Crippen molar-refractivity contribution < 1.29 is 27.9 Å². The van der Waals surface area contributed by atoms with Crippen LogP contribution in [0.5, 0.6) is 0 Å². The van der Waals surface area contributed by atoms with Gasteiger partial charge in [-0.25, -0.2) is 13.4 Å². The van der Waals surface area contributed by atoms with E-state index in [4.69, 9.17) is 4.74 Å². The minimum atomic E-state index is -3.95. The van der Waals surface area contributed by atoms with E-state index in [-0.39, 0.29) is 49.4 Å². The highest BCUT2D eigenvalue weighted by Gasteiger charge is 2.32. The van der Waals surface area contributed by atoms with Crippen LogP contribution in [0.4, 0.5) is 0 Å². The molecule has 0 bridgehead atoms. The first kappa shape index (κ1) is 36.6. The smallest absolute Gasteiger partial charge is 0.270 e. The van der Waals surface area contributed by atoms with Crippen LogP contribution in [0.25, 0.3) is 10.9 Å². The summed E-state index contributed by atoms with van der Waals surface area (Å²) in [6, 6.07) is 26.1. The molecule has 4 rings (SSSR count). The minimum Gasteiger partial charge on any atom is -0.390 e. The van der Waals surface area contributed by atoms with Gasteiger partial charge in [-0.05, 0) is 55.6 Å². The highest BCUT2D eigenvalue weighted by atomic mass is 32.2. The van der Waals surface area contributed by atoms with Crippen molar-refractivity contribution >= 4 is 32.7 Å². The molecule has 0 radical (unpaired) electrons. The number of fused-ring (bicyclic) bond motifs is 1. The molecule has 0 unspecified atom stereocenters. The van der Waals surface area contributed by atoms with Gasteiger partial charge < -0.3 is 20.5 Å². The van der Waals surface area contributed by atoms with E-state index in [9.17, 15) is 23.1 Å². The van der Waals surface area contributed by atoms with Gasteiger partial charge in [-0.15, -0.1) is 0 Å². The number of nitrogens with one attached hydrogen (secondary N) is 3. The van der Waals surface area contributed by atoms with Crippen molar-refractivity contribution in [3.05, 3.63) is 108 Å². The first-order chi connectivity index (χ1) is 23.1. The van der Waals surface area contributed by atoms with E-state index in [0.29, 0.717) is 11.9 Å². The molecule has 4 aromatic rings. The molecule has 0 aliphatic carbocycles. The second-order valence-electron chi connectivity index (χ2n) is 12.0. The highest BCUT2D eigenvalue weighted by molar-refractivity contribution is 7.89. The van der Waals surface area contributed by atoms with Crippen LogP contribution in [0, 0.1) is 5.92 Å². The number of sulfonamides is 1. The van der Waals surface area contributed by atoms with Gasteiger partial charge in [0.2, 0.25) is 15.9 Å². The van der Waals surface area contributed by atoms with Crippen molar-refractivity contribution in [3.63, 3.8) is 0 Å². The van der Waals surface area contributed by atoms with E-state index in [2.05, 4.69) is 20.9 Å². The normalized spacial score (nSPS) is 13.7. The van der Waals surface area contributed by atoms with Gasteiger partial charge in [0.05, 0.1) is 35.9 Å². The number of benzene rings is 3. The Labute approximate surface area is 282 Å². The van der Waals surface area contributed by atoms with Crippen LogP contribution in [-0.4, -0.2) is 86.3 Å². The van der Waals surface area contributed by atoms with Gasteiger partial charge in [-0.2, -0.15) is 4.31 Å². The monoisotopic (exact) mass is 675 g/mol. The molecule has 11 nitrogen and oxygen atoms in total. The SMILES string of the molecule is CNCOC[C@H](NC(=O)c1ccc2ccccc2n1)C(=O)N[C@@H](Cc1ccccc1)[C@H](O)CN(CCC(C)C)S(=O)(=O)c1ccccc1. The van der Waals surface area contributed by atoms with Gasteiger partial charge in [-0.1, -0.05) is 86.6 Å². The van der Waals surface area contributed by atoms with Gasteiger partial charge >= 0.3 is 0 Å². The molecule has 4 N–H and O–H groups in total. The third kappa shape index (κ3) is 10.4. The lowest BCUT2D eigenvalue weighted by Crippen LogP contribution is -2.56. The van der Waals surface area contributed by atoms with Crippen LogP contribution in [0.1, 0.15) is 36.3 Å². The Bertz CT molecular complexity index is 1720. The van der Waals surface area contributed by atoms with Gasteiger partial charge in [0.25, 0.3) is 5.91 Å². The average Bonchev–Trinajstić information content (AvgIpc) is 3.09. The zero-order valence-electron chi connectivity index (χ0n) is 27.6. The molecule has 12 heteroatoms. The Kier molecular flexibility index (Phi) is 13.6. The van der Waals surface area contributed by atoms with Crippen molar-refractivity contribution in [3.8, 4) is 0 Å². The van der Waals surface area contributed by atoms with Crippen molar-refractivity contribution in [1.82, 2.24) is 25.2 Å². The van der Waals surface area contributed by atoms with Crippen molar-refractivity contribution in [1.29, 1.82) is 0 Å². The molecular formula is C36H45N5O6S. The highest BCUT2D eigenvalue weighted by Crippen LogP contribution is 2.19. The largest absolute Gasteiger partial charge is 0.390 e. The molecule has 2 amide bonds. The summed E-state index contributed by atoms with van der Waals surface area (Å²) in [5, 5.41) is 21.0. The lowest BCUT2D eigenvalue weighted by molar-refractivity contribution is -0.126. The maximum atomic E-state index is 13.9. The first-order valence-corrected chi connectivity index (χ1v) is 17.5. The van der Waals surface area contributed by atoms with E-state index in [0.717, 1.165) is 10.9 Å². The van der Waals surface area contributed by atoms with Crippen LogP contribution in [0.3, 0.4) is 0 Å². The zero-order chi connectivity index (χ0) is 34.5. The van der Waals surface area contributed by atoms with Gasteiger partial charge in [0.1, 0.15) is 11.7 Å². The van der Waals surface area contributed by atoms with E-state index in [1.807, 2.05) is 62.4 Å². The summed E-state index contributed by atoms with van der Waals surface area (Å²) in [6.07, 6.45) is -0.508. The molecule has 0 fully saturated rings. The molecule has 1 heterocycles. The number of para-hydroxylation sites is 1. The number of rotatable bonds is 18. The average molecular weight is 676 g/mol. The Morgan fingerprint density at radius 1 is 0.896 bits per heavy atom. The lowest BCUT2D eigenvalue weighted by atomic mass is 10.0. The quantitative estimate of drug-likeness (QED) is 0.0927. The number of aromatic nitrogens is 1. The molecule has 0 saturated carbocycles. The summed E-state index contributed by atoms with van der Waals surface area (Å²) >= 11 is 0. The standard InChI is InChI=1S/C36H45N5O6S/c1-26(2)20-21-41(48(45,46)29-15-8-5-9-16-29)23-34(42)32(22-27-12-6-4-7-13-27)39-36(44)33(24-47-25-37-3)40-35(43)31-19-18-28-14-10-11-17-30(28)38-31/h4-19,26,32-34,37,42H,20-25H2,1-3H3,(H,39,44)(H,40,43)/t32-,33-,34+/m0/s1. The molecule has 0 spiro atoms. The number of pyridine rings is 1. The Balaban J connectivity index is 1.58. The van der Waals surface area contributed by atoms with Gasteiger partial charge in [0, 0.05) is 18.5 Å². The number of carbonyl (C=O) groups is 2. The van der Waals surface area contributed by atoms with E-state index in [1.165, 1.54) is 16.4 Å². The van der Waals surface area contributed by atoms with Crippen LogP contribution >= 0.6 is 0 Å². The van der Waals surface area contributed by atoms with Crippen molar-refractivity contribution in [2.24, 2.45) is 5.92 Å². The van der Waals surface area contributed by atoms with Crippen LogP contribution in [0.2, 0.25) is 0 Å². The molecule has 3 atom stereocenters. The molecular weight excluding hydrogens is 630 g/mol. The third-order valence-electron chi connectivity index (χ3n) is 7.80. The van der Waals surface area contributed by atoms with E-state index < -0.39 is 40.0 Å². The molecule has 0 aliphatic rings. The number of hydrogen-bond acceptors (Lipinski definition) is 8. The van der Waals surface area contributed by atoms with Crippen LogP contribution < -0.4 is 16.0 Å². The fourth-order valence-electron chi connectivity index (χ4n) is 5.11. The third-order valence-corrected chi connectivity index (χ3v) is 9.68. The van der Waals surface area contributed by atoms with Gasteiger partial charge in [-0.3, -0.25) is 14.9 Å². The number of hydrogen-bond donors (Lipinski definition) is 4. The first-order valence-electron chi connectivity index (χ1n) is 16.0. The molecule has 256 valence electrons. The number of aliphatic hydroxyl groups is 1. The Morgan fingerprint density at radius 2 is 1.56 bits per heavy atom. The molecule has 1 aromatic heterocycles. The zero-order valence-corrected chi connectivity index (χ0v) is 28.4. The van der Waals surface area contributed by atoms with Crippen LogP contribution in [-0.2, 0) is 26.0 Å². The maximum Gasteiger partial charge on any atom is 0.270 e. The number of nitrogens with zero attached hydrogens (tertiary/aromatic N) is 2.